The van der Waals surface area contributed by atoms with Gasteiger partial charge in [-0.3, -0.25) is 4.79 Å². The molecule has 2 N–H and O–H groups in total. The van der Waals surface area contributed by atoms with E-state index in [1.807, 2.05) is 38.1 Å². The van der Waals surface area contributed by atoms with E-state index in [9.17, 15) is 4.79 Å². The number of aryl methyl sites for hydroxylation is 1. The average molecular weight is 299 g/mol. The highest BCUT2D eigenvalue weighted by atomic mass is 35.5. The topological polar surface area (TPSA) is 41.1 Å². The first-order valence-corrected chi connectivity index (χ1v) is 7.04. The fourth-order valence-electron chi connectivity index (χ4n) is 1.89. The van der Waals surface area contributed by atoms with Crippen LogP contribution in [0.2, 0.25) is 0 Å². The maximum atomic E-state index is 12.2. The van der Waals surface area contributed by atoms with Crippen molar-refractivity contribution in [2.24, 2.45) is 0 Å². The second kappa shape index (κ2) is 8.98. The minimum atomic E-state index is -0.488. The van der Waals surface area contributed by atoms with Crippen LogP contribution in [0.1, 0.15) is 38.3 Å². The summed E-state index contributed by atoms with van der Waals surface area (Å²) >= 11 is 0. The second-order valence-corrected chi connectivity index (χ2v) is 5.50. The van der Waals surface area contributed by atoms with Crippen LogP contribution in [0, 0.1) is 6.92 Å². The fourth-order valence-corrected chi connectivity index (χ4v) is 1.89. The summed E-state index contributed by atoms with van der Waals surface area (Å²) < 4.78 is 0. The number of hydrogen-bond donors (Lipinski definition) is 2. The van der Waals surface area contributed by atoms with Gasteiger partial charge in [-0.15, -0.1) is 12.4 Å². The number of hydrogen-bond acceptors (Lipinski definition) is 2. The van der Waals surface area contributed by atoms with Crippen LogP contribution < -0.4 is 10.6 Å². The summed E-state index contributed by atoms with van der Waals surface area (Å²) in [5.74, 6) is 0.0784. The molecule has 0 fully saturated rings. The van der Waals surface area contributed by atoms with Crippen LogP contribution in [-0.2, 0) is 10.2 Å². The Bertz CT molecular complexity index is 401. The van der Waals surface area contributed by atoms with E-state index in [4.69, 9.17) is 0 Å². The molecule has 0 aliphatic carbocycles. The van der Waals surface area contributed by atoms with Crippen molar-refractivity contribution in [2.75, 3.05) is 19.6 Å². The molecule has 1 amide bonds. The first kappa shape index (κ1) is 18.9. The molecular weight excluding hydrogens is 272 g/mol. The maximum absolute atomic E-state index is 12.2. The minimum absolute atomic E-state index is 0. The Balaban J connectivity index is 0.00000361. The van der Waals surface area contributed by atoms with Crippen molar-refractivity contribution in [3.8, 4) is 0 Å². The molecule has 3 nitrogen and oxygen atoms in total. The highest BCUT2D eigenvalue weighted by molar-refractivity contribution is 5.87. The average Bonchev–Trinajstić information content (AvgIpc) is 2.38. The fraction of sp³-hybridized carbons (Fsp3) is 0.562. The molecule has 0 aliphatic heterocycles. The molecule has 0 heterocycles. The summed E-state index contributed by atoms with van der Waals surface area (Å²) in [4.78, 5) is 12.2. The van der Waals surface area contributed by atoms with E-state index in [0.717, 1.165) is 25.1 Å². The first-order chi connectivity index (χ1) is 8.98. The molecule has 20 heavy (non-hydrogen) atoms. The molecule has 1 aromatic carbocycles. The number of benzene rings is 1. The van der Waals surface area contributed by atoms with E-state index in [2.05, 4.69) is 24.5 Å². The van der Waals surface area contributed by atoms with E-state index < -0.39 is 5.41 Å². The smallest absolute Gasteiger partial charge is 0.230 e. The lowest BCUT2D eigenvalue weighted by Gasteiger charge is -2.24. The van der Waals surface area contributed by atoms with Crippen LogP contribution in [-0.4, -0.2) is 25.5 Å². The quantitative estimate of drug-likeness (QED) is 0.760. The van der Waals surface area contributed by atoms with E-state index in [0.29, 0.717) is 6.54 Å². The Morgan fingerprint density at radius 1 is 1.10 bits per heavy atom. The van der Waals surface area contributed by atoms with Gasteiger partial charge in [-0.25, -0.2) is 0 Å². The van der Waals surface area contributed by atoms with Gasteiger partial charge in [-0.2, -0.15) is 0 Å². The molecule has 0 aliphatic rings. The van der Waals surface area contributed by atoms with Crippen molar-refractivity contribution in [1.29, 1.82) is 0 Å². The van der Waals surface area contributed by atoms with E-state index in [-0.39, 0.29) is 18.3 Å². The molecule has 4 heteroatoms. The van der Waals surface area contributed by atoms with E-state index in [1.165, 1.54) is 5.56 Å². The lowest BCUT2D eigenvalue weighted by atomic mass is 9.83. The van der Waals surface area contributed by atoms with Crippen LogP contribution >= 0.6 is 12.4 Å². The molecule has 0 atom stereocenters. The molecule has 0 spiro atoms. The van der Waals surface area contributed by atoms with Crippen molar-refractivity contribution < 1.29 is 4.79 Å². The zero-order chi connectivity index (χ0) is 14.3. The SMILES string of the molecule is CCCNCCNC(=O)C(C)(C)c1ccc(C)cc1.Cl. The summed E-state index contributed by atoms with van der Waals surface area (Å²) in [6.45, 7) is 10.6. The molecule has 0 radical (unpaired) electrons. The Morgan fingerprint density at radius 3 is 2.25 bits per heavy atom. The molecule has 0 aromatic heterocycles. The van der Waals surface area contributed by atoms with Crippen LogP contribution in [0.25, 0.3) is 0 Å². The Hall–Kier alpha value is -1.06. The number of nitrogens with one attached hydrogen (secondary N) is 2. The molecule has 0 saturated heterocycles. The molecule has 1 rings (SSSR count). The zero-order valence-electron chi connectivity index (χ0n) is 13.0. The Morgan fingerprint density at radius 2 is 1.70 bits per heavy atom. The summed E-state index contributed by atoms with van der Waals surface area (Å²) in [6, 6.07) is 8.16. The first-order valence-electron chi connectivity index (χ1n) is 7.04. The lowest BCUT2D eigenvalue weighted by Crippen LogP contribution is -2.42. The monoisotopic (exact) mass is 298 g/mol. The van der Waals surface area contributed by atoms with Crippen molar-refractivity contribution in [1.82, 2.24) is 10.6 Å². The van der Waals surface area contributed by atoms with E-state index in [1.54, 1.807) is 0 Å². The highest BCUT2D eigenvalue weighted by Gasteiger charge is 2.29. The largest absolute Gasteiger partial charge is 0.354 e. The molecule has 0 bridgehead atoms. The van der Waals surface area contributed by atoms with Crippen LogP contribution in [0.5, 0.6) is 0 Å². The molecule has 0 unspecified atom stereocenters. The Kier molecular flexibility index (Phi) is 8.51. The molecule has 0 saturated carbocycles. The number of rotatable bonds is 7. The van der Waals surface area contributed by atoms with Crippen LogP contribution in [0.15, 0.2) is 24.3 Å². The number of carbonyl (C=O) groups is 1. The number of halogens is 1. The summed E-state index contributed by atoms with van der Waals surface area (Å²) in [5.41, 5.74) is 1.78. The van der Waals surface area contributed by atoms with Gasteiger partial charge in [0.25, 0.3) is 0 Å². The Labute approximate surface area is 128 Å². The maximum Gasteiger partial charge on any atom is 0.230 e. The van der Waals surface area contributed by atoms with Gasteiger partial charge in [0.15, 0.2) is 0 Å². The van der Waals surface area contributed by atoms with Gasteiger partial charge in [0.05, 0.1) is 5.41 Å². The van der Waals surface area contributed by atoms with Gasteiger partial charge in [0, 0.05) is 13.1 Å². The summed E-state index contributed by atoms with van der Waals surface area (Å²) in [6.07, 6.45) is 1.11. The summed E-state index contributed by atoms with van der Waals surface area (Å²) in [7, 11) is 0. The predicted octanol–water partition coefficient (Wildman–Crippen LogP) is 2.81. The third-order valence-electron chi connectivity index (χ3n) is 3.36. The molecule has 1 aromatic rings. The highest BCUT2D eigenvalue weighted by Crippen LogP contribution is 2.23. The van der Waals surface area contributed by atoms with Gasteiger partial charge in [0.2, 0.25) is 5.91 Å². The van der Waals surface area contributed by atoms with Crippen LogP contribution in [0.4, 0.5) is 0 Å². The normalized spacial score (nSPS) is 10.8. The minimum Gasteiger partial charge on any atom is -0.354 e. The van der Waals surface area contributed by atoms with Crippen molar-refractivity contribution in [3.63, 3.8) is 0 Å². The van der Waals surface area contributed by atoms with Crippen molar-refractivity contribution in [2.45, 2.75) is 39.5 Å². The number of amides is 1. The van der Waals surface area contributed by atoms with Gasteiger partial charge in [-0.05, 0) is 39.3 Å². The second-order valence-electron chi connectivity index (χ2n) is 5.50. The third kappa shape index (κ3) is 5.51. The van der Waals surface area contributed by atoms with Gasteiger partial charge in [-0.1, -0.05) is 36.8 Å². The third-order valence-corrected chi connectivity index (χ3v) is 3.36. The standard InChI is InChI=1S/C16H26N2O.ClH/c1-5-10-17-11-12-18-15(19)16(3,4)14-8-6-13(2)7-9-14;/h6-9,17H,5,10-12H2,1-4H3,(H,18,19);1H. The summed E-state index contributed by atoms with van der Waals surface area (Å²) in [5, 5.41) is 6.27. The van der Waals surface area contributed by atoms with Crippen LogP contribution in [0.3, 0.4) is 0 Å². The van der Waals surface area contributed by atoms with Crippen molar-refractivity contribution >= 4 is 18.3 Å². The number of carbonyl (C=O) groups excluding carboxylic acids is 1. The zero-order valence-corrected chi connectivity index (χ0v) is 13.8. The molecule has 114 valence electrons. The predicted molar refractivity (Wildman–Crippen MR) is 87.6 cm³/mol. The van der Waals surface area contributed by atoms with Crippen molar-refractivity contribution in [3.05, 3.63) is 35.4 Å². The lowest BCUT2D eigenvalue weighted by molar-refractivity contribution is -0.125. The molecular formula is C16H27ClN2O. The van der Waals surface area contributed by atoms with Gasteiger partial charge < -0.3 is 10.6 Å². The van der Waals surface area contributed by atoms with E-state index >= 15 is 0 Å². The van der Waals surface area contributed by atoms with Gasteiger partial charge >= 0.3 is 0 Å². The van der Waals surface area contributed by atoms with Gasteiger partial charge in [0.1, 0.15) is 0 Å².